The fraction of sp³-hybridized carbons (Fsp3) is 0.286. The predicted octanol–water partition coefficient (Wildman–Crippen LogP) is 2.26. The minimum Gasteiger partial charge on any atom is -0.353 e. The molecule has 0 bridgehead atoms. The van der Waals surface area contributed by atoms with Crippen LogP contribution in [0.25, 0.3) is 10.9 Å². The Kier molecular flexibility index (Phi) is 5.84. The molecule has 146 valence electrons. The molecule has 1 atom stereocenters. The third-order valence-corrected chi connectivity index (χ3v) is 4.70. The predicted molar refractivity (Wildman–Crippen MR) is 107 cm³/mol. The summed E-state index contributed by atoms with van der Waals surface area (Å²) in [6.45, 7) is 1.88. The van der Waals surface area contributed by atoms with Crippen LogP contribution in [-0.2, 0) is 11.3 Å². The molecule has 0 aliphatic rings. The van der Waals surface area contributed by atoms with Gasteiger partial charge in [-0.15, -0.1) is 0 Å². The molecule has 0 saturated carbocycles. The molecule has 1 N–H and O–H groups in total. The summed E-state index contributed by atoms with van der Waals surface area (Å²) in [6.07, 6.45) is 0. The molecule has 6 nitrogen and oxygen atoms in total. The average Bonchev–Trinajstić information content (AvgIpc) is 2.65. The van der Waals surface area contributed by atoms with Crippen LogP contribution in [0.2, 0.25) is 0 Å². The van der Waals surface area contributed by atoms with E-state index in [0.29, 0.717) is 23.3 Å². The zero-order valence-corrected chi connectivity index (χ0v) is 16.1. The van der Waals surface area contributed by atoms with Gasteiger partial charge in [-0.2, -0.15) is 0 Å². The second-order valence-electron chi connectivity index (χ2n) is 6.91. The van der Waals surface area contributed by atoms with Crippen molar-refractivity contribution < 1.29 is 9.18 Å². The molecule has 0 spiro atoms. The van der Waals surface area contributed by atoms with Gasteiger partial charge < -0.3 is 10.2 Å². The molecular weight excluding hydrogens is 359 g/mol. The van der Waals surface area contributed by atoms with E-state index in [2.05, 4.69) is 10.3 Å². The molecule has 0 fully saturated rings. The molecule has 1 unspecified atom stereocenters. The number of hydrogen-bond acceptors (Lipinski definition) is 4. The highest BCUT2D eigenvalue weighted by atomic mass is 19.1. The molecule has 3 rings (SSSR count). The van der Waals surface area contributed by atoms with E-state index >= 15 is 0 Å². The topological polar surface area (TPSA) is 67.2 Å². The van der Waals surface area contributed by atoms with Crippen LogP contribution in [0.5, 0.6) is 0 Å². The minimum absolute atomic E-state index is 0.119. The quantitative estimate of drug-likeness (QED) is 0.710. The van der Waals surface area contributed by atoms with Crippen LogP contribution < -0.4 is 10.9 Å². The minimum atomic E-state index is -0.319. The number of hydrogen-bond donors (Lipinski definition) is 1. The highest BCUT2D eigenvalue weighted by molar-refractivity contribution is 5.79. The van der Waals surface area contributed by atoms with Crippen LogP contribution in [0.4, 0.5) is 4.39 Å². The third-order valence-electron chi connectivity index (χ3n) is 4.70. The van der Waals surface area contributed by atoms with E-state index in [4.69, 9.17) is 0 Å². The van der Waals surface area contributed by atoms with Gasteiger partial charge in [0.1, 0.15) is 18.2 Å². The van der Waals surface area contributed by atoms with Gasteiger partial charge in [0.2, 0.25) is 5.91 Å². The molecule has 7 heteroatoms. The Balaban J connectivity index is 1.75. The van der Waals surface area contributed by atoms with Crippen molar-refractivity contribution >= 4 is 16.8 Å². The van der Waals surface area contributed by atoms with Crippen LogP contribution in [0.15, 0.2) is 53.3 Å². The molecule has 1 aromatic heterocycles. The number of rotatable bonds is 6. The number of fused-ring (bicyclic) bond motifs is 1. The lowest BCUT2D eigenvalue weighted by Crippen LogP contribution is -2.38. The molecule has 0 aliphatic carbocycles. The normalized spacial score (nSPS) is 12.3. The number of nitrogens with one attached hydrogen (secondary N) is 1. The summed E-state index contributed by atoms with van der Waals surface area (Å²) in [5, 5.41) is 3.32. The number of aryl methyl sites for hydroxylation is 1. The van der Waals surface area contributed by atoms with E-state index in [0.717, 1.165) is 5.56 Å². The number of benzene rings is 2. The Hall–Kier alpha value is -3.06. The van der Waals surface area contributed by atoms with Gasteiger partial charge in [0.05, 0.1) is 16.9 Å². The molecule has 3 aromatic rings. The van der Waals surface area contributed by atoms with Crippen LogP contribution in [0.1, 0.15) is 17.4 Å². The molecule has 0 aliphatic heterocycles. The Morgan fingerprint density at radius 3 is 2.68 bits per heavy atom. The Bertz CT molecular complexity index is 1060. The highest BCUT2D eigenvalue weighted by Crippen LogP contribution is 2.18. The average molecular weight is 382 g/mol. The van der Waals surface area contributed by atoms with E-state index in [9.17, 15) is 14.0 Å². The number of carbonyl (C=O) groups excluding carboxylic acids is 1. The largest absolute Gasteiger partial charge is 0.353 e. The van der Waals surface area contributed by atoms with Crippen molar-refractivity contribution in [3.8, 4) is 0 Å². The van der Waals surface area contributed by atoms with Gasteiger partial charge in [-0.25, -0.2) is 9.37 Å². The molecule has 1 amide bonds. The van der Waals surface area contributed by atoms with E-state index in [-0.39, 0.29) is 29.9 Å². The van der Waals surface area contributed by atoms with Gasteiger partial charge >= 0.3 is 0 Å². The highest BCUT2D eigenvalue weighted by Gasteiger charge is 2.17. The van der Waals surface area contributed by atoms with E-state index < -0.39 is 0 Å². The van der Waals surface area contributed by atoms with Gasteiger partial charge in [0.25, 0.3) is 5.56 Å². The molecule has 28 heavy (non-hydrogen) atoms. The van der Waals surface area contributed by atoms with Crippen LogP contribution in [0.3, 0.4) is 0 Å². The first-order valence-corrected chi connectivity index (χ1v) is 9.01. The van der Waals surface area contributed by atoms with Crippen LogP contribution in [-0.4, -0.2) is 41.0 Å². The van der Waals surface area contributed by atoms with Crippen molar-refractivity contribution in [1.29, 1.82) is 0 Å². The zero-order valence-electron chi connectivity index (χ0n) is 16.1. The maximum absolute atomic E-state index is 13.5. The summed E-state index contributed by atoms with van der Waals surface area (Å²) in [5.41, 5.74) is 1.14. The Morgan fingerprint density at radius 2 is 1.96 bits per heavy atom. The molecule has 1 heterocycles. The molecule has 0 saturated heterocycles. The smallest absolute Gasteiger partial charge is 0.261 e. The summed E-state index contributed by atoms with van der Waals surface area (Å²) in [5.74, 6) is -0.140. The first-order chi connectivity index (χ1) is 13.4. The maximum atomic E-state index is 13.5. The first-order valence-electron chi connectivity index (χ1n) is 9.01. The number of carbonyl (C=O) groups is 1. The second kappa shape index (κ2) is 8.31. The SMILES string of the molecule is Cc1nc2ccccc2c(=O)n1CC(=O)NCC(c1cccc(F)c1)N(C)C. The van der Waals surface area contributed by atoms with Crippen molar-refractivity contribution in [3.05, 3.63) is 76.1 Å². The number of para-hydroxylation sites is 1. The number of aromatic nitrogens is 2. The standard InChI is InChI=1S/C21H23FN4O2/c1-14-24-18-10-5-4-9-17(18)21(28)26(14)13-20(27)23-12-19(25(2)3)15-7-6-8-16(22)11-15/h4-11,19H,12-13H2,1-3H3,(H,23,27). The van der Waals surface area contributed by atoms with Gasteiger partial charge in [-0.05, 0) is 50.8 Å². The van der Waals surface area contributed by atoms with Gasteiger partial charge in [-0.3, -0.25) is 14.2 Å². The Morgan fingerprint density at radius 1 is 1.21 bits per heavy atom. The van der Waals surface area contributed by atoms with Gasteiger partial charge in [-0.1, -0.05) is 24.3 Å². The van der Waals surface area contributed by atoms with Crippen molar-refractivity contribution in [2.45, 2.75) is 19.5 Å². The van der Waals surface area contributed by atoms with Crippen LogP contribution in [0, 0.1) is 12.7 Å². The second-order valence-corrected chi connectivity index (χ2v) is 6.91. The molecular formula is C21H23FN4O2. The van der Waals surface area contributed by atoms with Crippen molar-refractivity contribution in [3.63, 3.8) is 0 Å². The number of halogens is 1. The summed E-state index contributed by atoms with van der Waals surface area (Å²) < 4.78 is 14.9. The first kappa shape index (κ1) is 19.7. The molecule has 2 aromatic carbocycles. The van der Waals surface area contributed by atoms with Crippen molar-refractivity contribution in [2.24, 2.45) is 0 Å². The van der Waals surface area contributed by atoms with Gasteiger partial charge in [0, 0.05) is 6.54 Å². The number of amides is 1. The number of likely N-dealkylation sites (N-methyl/N-ethyl adjacent to an activating group) is 1. The van der Waals surface area contributed by atoms with E-state index in [1.54, 1.807) is 31.2 Å². The van der Waals surface area contributed by atoms with Crippen molar-refractivity contribution in [2.75, 3.05) is 20.6 Å². The van der Waals surface area contributed by atoms with Crippen molar-refractivity contribution in [1.82, 2.24) is 19.8 Å². The zero-order chi connectivity index (χ0) is 20.3. The van der Waals surface area contributed by atoms with E-state index in [1.807, 2.05) is 31.1 Å². The third kappa shape index (κ3) is 4.26. The lowest BCUT2D eigenvalue weighted by atomic mass is 10.1. The summed E-state index contributed by atoms with van der Waals surface area (Å²) in [7, 11) is 3.73. The van der Waals surface area contributed by atoms with Crippen LogP contribution >= 0.6 is 0 Å². The molecule has 0 radical (unpaired) electrons. The van der Waals surface area contributed by atoms with Gasteiger partial charge in [0.15, 0.2) is 0 Å². The monoisotopic (exact) mass is 382 g/mol. The fourth-order valence-electron chi connectivity index (χ4n) is 3.19. The lowest BCUT2D eigenvalue weighted by molar-refractivity contribution is -0.122. The summed E-state index contributed by atoms with van der Waals surface area (Å²) in [4.78, 5) is 31.5. The summed E-state index contributed by atoms with van der Waals surface area (Å²) >= 11 is 0. The lowest BCUT2D eigenvalue weighted by Gasteiger charge is -2.25. The van der Waals surface area contributed by atoms with E-state index in [1.165, 1.54) is 16.7 Å². The summed E-state index contributed by atoms with van der Waals surface area (Å²) in [6, 6.07) is 13.2. The Labute approximate surface area is 162 Å². The number of nitrogens with zero attached hydrogens (tertiary/aromatic N) is 3. The fourth-order valence-corrected chi connectivity index (χ4v) is 3.19. The maximum Gasteiger partial charge on any atom is 0.261 e.